The monoisotopic (exact) mass is 313 g/mol. The fraction of sp³-hybridized carbons (Fsp3) is 0. The maximum Gasteiger partial charge on any atom is 0.167 e. The first-order valence-electron chi connectivity index (χ1n) is 7.74. The van der Waals surface area contributed by atoms with Crippen LogP contribution in [0.5, 0.6) is 11.5 Å². The van der Waals surface area contributed by atoms with E-state index in [1.165, 1.54) is 0 Å². The third-order valence-electron chi connectivity index (χ3n) is 3.68. The molecule has 0 saturated carbocycles. The van der Waals surface area contributed by atoms with Crippen molar-refractivity contribution in [1.82, 2.24) is 5.16 Å². The molecule has 3 aromatic carbocycles. The van der Waals surface area contributed by atoms with E-state index in [-0.39, 0.29) is 0 Å². The van der Waals surface area contributed by atoms with Crippen molar-refractivity contribution in [1.29, 1.82) is 0 Å². The predicted molar refractivity (Wildman–Crippen MR) is 93.9 cm³/mol. The lowest BCUT2D eigenvalue weighted by Crippen LogP contribution is -1.84. The summed E-state index contributed by atoms with van der Waals surface area (Å²) in [7, 11) is 0. The van der Waals surface area contributed by atoms with Crippen LogP contribution in [0.15, 0.2) is 95.5 Å². The van der Waals surface area contributed by atoms with Crippen molar-refractivity contribution in [2.24, 2.45) is 0 Å². The zero-order valence-corrected chi connectivity index (χ0v) is 12.9. The van der Waals surface area contributed by atoms with Crippen molar-refractivity contribution in [3.63, 3.8) is 0 Å². The van der Waals surface area contributed by atoms with E-state index in [0.717, 1.165) is 28.3 Å². The van der Waals surface area contributed by atoms with Crippen LogP contribution < -0.4 is 4.74 Å². The van der Waals surface area contributed by atoms with Crippen LogP contribution in [-0.4, -0.2) is 5.16 Å². The molecule has 3 nitrogen and oxygen atoms in total. The van der Waals surface area contributed by atoms with Crippen LogP contribution in [-0.2, 0) is 0 Å². The van der Waals surface area contributed by atoms with Crippen molar-refractivity contribution in [3.8, 4) is 34.1 Å². The maximum atomic E-state index is 5.87. The minimum absolute atomic E-state index is 0.715. The summed E-state index contributed by atoms with van der Waals surface area (Å²) in [6, 6.07) is 29.4. The molecule has 3 heteroatoms. The molecule has 0 bridgehead atoms. The first-order chi connectivity index (χ1) is 11.9. The molecule has 0 amide bonds. The molecule has 0 unspecified atom stereocenters. The SMILES string of the molecule is c1ccc(Oc2cccc(-c3cc(-c4ccccc4)no3)c2)cc1. The Morgan fingerprint density at radius 1 is 0.625 bits per heavy atom. The summed E-state index contributed by atoms with van der Waals surface area (Å²) in [6.45, 7) is 0. The Morgan fingerprint density at radius 3 is 2.08 bits per heavy atom. The Balaban J connectivity index is 1.61. The van der Waals surface area contributed by atoms with Gasteiger partial charge in [0.25, 0.3) is 0 Å². The van der Waals surface area contributed by atoms with E-state index in [1.807, 2.05) is 91.0 Å². The summed E-state index contributed by atoms with van der Waals surface area (Å²) in [6.07, 6.45) is 0. The van der Waals surface area contributed by atoms with Crippen molar-refractivity contribution in [2.45, 2.75) is 0 Å². The highest BCUT2D eigenvalue weighted by Gasteiger charge is 2.09. The van der Waals surface area contributed by atoms with E-state index in [4.69, 9.17) is 9.26 Å². The molecule has 0 aliphatic rings. The molecule has 0 aliphatic carbocycles. The van der Waals surface area contributed by atoms with Gasteiger partial charge >= 0.3 is 0 Å². The highest BCUT2D eigenvalue weighted by Crippen LogP contribution is 2.29. The van der Waals surface area contributed by atoms with Gasteiger partial charge in [0.1, 0.15) is 17.2 Å². The molecule has 0 fully saturated rings. The van der Waals surface area contributed by atoms with E-state index in [9.17, 15) is 0 Å². The van der Waals surface area contributed by atoms with E-state index in [2.05, 4.69) is 5.16 Å². The molecule has 1 heterocycles. The lowest BCUT2D eigenvalue weighted by molar-refractivity contribution is 0.434. The molecule has 0 radical (unpaired) electrons. The third kappa shape index (κ3) is 3.06. The molecular weight excluding hydrogens is 298 g/mol. The molecule has 0 atom stereocenters. The van der Waals surface area contributed by atoms with Crippen LogP contribution in [0.2, 0.25) is 0 Å². The molecule has 0 saturated heterocycles. The second-order valence-electron chi connectivity index (χ2n) is 5.39. The zero-order valence-electron chi connectivity index (χ0n) is 12.9. The predicted octanol–water partition coefficient (Wildman–Crippen LogP) is 5.80. The maximum absolute atomic E-state index is 5.87. The van der Waals surface area contributed by atoms with Crippen molar-refractivity contribution < 1.29 is 9.26 Å². The normalized spacial score (nSPS) is 10.5. The van der Waals surface area contributed by atoms with Crippen LogP contribution >= 0.6 is 0 Å². The standard InChI is InChI=1S/C21H15NO2/c1-3-8-16(9-4-1)20-15-21(24-22-20)17-10-7-13-19(14-17)23-18-11-5-2-6-12-18/h1-15H. The van der Waals surface area contributed by atoms with Gasteiger partial charge in [-0.2, -0.15) is 0 Å². The summed E-state index contributed by atoms with van der Waals surface area (Å²) in [4.78, 5) is 0. The highest BCUT2D eigenvalue weighted by molar-refractivity contribution is 5.67. The van der Waals surface area contributed by atoms with Gasteiger partial charge in [0.05, 0.1) is 0 Å². The summed E-state index contributed by atoms with van der Waals surface area (Å²) >= 11 is 0. The van der Waals surface area contributed by atoms with Gasteiger partial charge in [0, 0.05) is 17.2 Å². The van der Waals surface area contributed by atoms with Crippen LogP contribution in [0, 0.1) is 0 Å². The Kier molecular flexibility index (Phi) is 3.82. The summed E-state index contributed by atoms with van der Waals surface area (Å²) in [5.41, 5.74) is 2.78. The van der Waals surface area contributed by atoms with E-state index in [0.29, 0.717) is 5.76 Å². The zero-order chi connectivity index (χ0) is 16.2. The van der Waals surface area contributed by atoms with Crippen LogP contribution in [0.4, 0.5) is 0 Å². The lowest BCUT2D eigenvalue weighted by Gasteiger charge is -2.06. The number of hydrogen-bond donors (Lipinski definition) is 0. The molecule has 0 spiro atoms. The topological polar surface area (TPSA) is 35.3 Å². The number of nitrogens with zero attached hydrogens (tertiary/aromatic N) is 1. The Labute approximate surface area is 140 Å². The molecule has 24 heavy (non-hydrogen) atoms. The number of rotatable bonds is 4. The fourth-order valence-corrected chi connectivity index (χ4v) is 2.49. The summed E-state index contributed by atoms with van der Waals surface area (Å²) in [5, 5.41) is 4.16. The minimum Gasteiger partial charge on any atom is -0.457 e. The van der Waals surface area contributed by atoms with Crippen molar-refractivity contribution in [2.75, 3.05) is 0 Å². The molecule has 4 rings (SSSR count). The second-order valence-corrected chi connectivity index (χ2v) is 5.39. The van der Waals surface area contributed by atoms with Crippen LogP contribution in [0.1, 0.15) is 0 Å². The van der Waals surface area contributed by atoms with Gasteiger partial charge in [-0.1, -0.05) is 65.8 Å². The Morgan fingerprint density at radius 2 is 1.29 bits per heavy atom. The molecule has 1 aromatic heterocycles. The third-order valence-corrected chi connectivity index (χ3v) is 3.68. The molecule has 116 valence electrons. The number of aromatic nitrogens is 1. The van der Waals surface area contributed by atoms with E-state index in [1.54, 1.807) is 0 Å². The quantitative estimate of drug-likeness (QED) is 0.477. The van der Waals surface area contributed by atoms with Gasteiger partial charge in [0.2, 0.25) is 0 Å². The fourth-order valence-electron chi connectivity index (χ4n) is 2.49. The van der Waals surface area contributed by atoms with Gasteiger partial charge in [-0.05, 0) is 24.3 Å². The number of ether oxygens (including phenoxy) is 1. The molecule has 4 aromatic rings. The number of para-hydroxylation sites is 1. The van der Waals surface area contributed by atoms with Gasteiger partial charge in [0.15, 0.2) is 5.76 Å². The minimum atomic E-state index is 0.715. The first-order valence-corrected chi connectivity index (χ1v) is 7.74. The van der Waals surface area contributed by atoms with Gasteiger partial charge < -0.3 is 9.26 Å². The summed E-state index contributed by atoms with van der Waals surface area (Å²) in [5.74, 6) is 2.28. The Bertz CT molecular complexity index is 930. The largest absolute Gasteiger partial charge is 0.457 e. The summed E-state index contributed by atoms with van der Waals surface area (Å²) < 4.78 is 11.4. The molecular formula is C21H15NO2. The average molecular weight is 313 g/mol. The van der Waals surface area contributed by atoms with Gasteiger partial charge in [-0.25, -0.2) is 0 Å². The first kappa shape index (κ1) is 14.3. The Hall–Kier alpha value is -3.33. The smallest absolute Gasteiger partial charge is 0.167 e. The average Bonchev–Trinajstić information content (AvgIpc) is 3.14. The van der Waals surface area contributed by atoms with Crippen molar-refractivity contribution in [3.05, 3.63) is 91.0 Å². The van der Waals surface area contributed by atoms with E-state index >= 15 is 0 Å². The second kappa shape index (κ2) is 6.42. The van der Waals surface area contributed by atoms with Gasteiger partial charge in [-0.15, -0.1) is 0 Å². The highest BCUT2D eigenvalue weighted by atomic mass is 16.5. The molecule has 0 N–H and O–H groups in total. The number of hydrogen-bond acceptors (Lipinski definition) is 3. The molecule has 0 aliphatic heterocycles. The van der Waals surface area contributed by atoms with E-state index < -0.39 is 0 Å². The van der Waals surface area contributed by atoms with Crippen LogP contribution in [0.3, 0.4) is 0 Å². The number of benzene rings is 3. The lowest BCUT2D eigenvalue weighted by atomic mass is 10.1. The van der Waals surface area contributed by atoms with Crippen LogP contribution in [0.25, 0.3) is 22.6 Å². The van der Waals surface area contributed by atoms with Gasteiger partial charge in [-0.3, -0.25) is 0 Å². The van der Waals surface area contributed by atoms with Crippen molar-refractivity contribution >= 4 is 0 Å².